The number of fused-ring (bicyclic) bond motifs is 1. The van der Waals surface area contributed by atoms with Crippen LogP contribution in [0.2, 0.25) is 0 Å². The monoisotopic (exact) mass is 567 g/mol. The van der Waals surface area contributed by atoms with Gasteiger partial charge in [-0.25, -0.2) is 0 Å². The lowest BCUT2D eigenvalue weighted by Gasteiger charge is -2.40. The van der Waals surface area contributed by atoms with Gasteiger partial charge in [-0.05, 0) is 25.2 Å². The summed E-state index contributed by atoms with van der Waals surface area (Å²) in [6, 6.07) is -1.45. The molecule has 3 fully saturated rings. The second kappa shape index (κ2) is 11.8. The maximum atomic E-state index is 14.2. The Bertz CT molecular complexity index is 866. The molecule has 1 N–H and O–H groups in total. The standard InChI is InChI=1S/C27H42BrN3O5/c1-7-10-13-30(12-9-3)26(35)23-27-15-19(28)22(36-27)20(24(33)29(6)11-8-2)21(27)25(34)31(23)18(16-32)14-17(4)5/h8-9,17-23,32H,2-3,7,10-16H2,1,4-6H3/t18-,19?,20-,21+,22-,23?,27?/m1/s1. The predicted molar refractivity (Wildman–Crippen MR) is 142 cm³/mol. The highest BCUT2D eigenvalue weighted by atomic mass is 79.9. The van der Waals surface area contributed by atoms with Gasteiger partial charge in [0, 0.05) is 31.5 Å². The fourth-order valence-electron chi connectivity index (χ4n) is 6.35. The molecule has 202 valence electrons. The van der Waals surface area contributed by atoms with Crippen molar-refractivity contribution in [3.05, 3.63) is 25.3 Å². The summed E-state index contributed by atoms with van der Waals surface area (Å²) < 4.78 is 6.59. The average molecular weight is 569 g/mol. The minimum absolute atomic E-state index is 0.163. The predicted octanol–water partition coefficient (Wildman–Crippen LogP) is 2.60. The van der Waals surface area contributed by atoms with E-state index in [4.69, 9.17) is 4.74 Å². The SMILES string of the molecule is C=CCN(C)C(=O)[C@H]1[C@@H]2OC3(CC2Br)C(C(=O)N(CC=C)CCCC)N([C@@H](CO)CC(C)C)C(=O)[C@H]13. The van der Waals surface area contributed by atoms with Crippen molar-refractivity contribution in [3.8, 4) is 0 Å². The molecule has 0 aromatic carbocycles. The van der Waals surface area contributed by atoms with Crippen LogP contribution in [-0.4, -0.2) is 99.4 Å². The van der Waals surface area contributed by atoms with Crippen molar-refractivity contribution in [2.24, 2.45) is 17.8 Å². The van der Waals surface area contributed by atoms with Gasteiger partial charge in [0.1, 0.15) is 11.6 Å². The van der Waals surface area contributed by atoms with Crippen LogP contribution in [0.25, 0.3) is 0 Å². The molecule has 3 amide bonds. The molecule has 1 spiro atoms. The van der Waals surface area contributed by atoms with Gasteiger partial charge in [-0.2, -0.15) is 0 Å². The number of amides is 3. The number of unbranched alkanes of at least 4 members (excludes halogenated alkanes) is 1. The normalized spacial score (nSPS) is 31.5. The molecule has 0 aliphatic carbocycles. The highest BCUT2D eigenvalue weighted by Crippen LogP contribution is 2.61. The topological polar surface area (TPSA) is 90.4 Å². The van der Waals surface area contributed by atoms with Gasteiger partial charge in [0.2, 0.25) is 17.7 Å². The molecule has 0 aromatic heterocycles. The van der Waals surface area contributed by atoms with E-state index in [-0.39, 0.29) is 35.1 Å². The van der Waals surface area contributed by atoms with E-state index in [0.717, 1.165) is 12.8 Å². The van der Waals surface area contributed by atoms with Gasteiger partial charge in [-0.3, -0.25) is 14.4 Å². The molecule has 2 bridgehead atoms. The Morgan fingerprint density at radius 1 is 1.28 bits per heavy atom. The average Bonchev–Trinajstić information content (AvgIpc) is 3.42. The number of rotatable bonds is 13. The quantitative estimate of drug-likeness (QED) is 0.273. The Balaban J connectivity index is 2.12. The van der Waals surface area contributed by atoms with Gasteiger partial charge in [0.15, 0.2) is 0 Å². The number of ether oxygens (including phenoxy) is 1. The van der Waals surface area contributed by atoms with E-state index in [1.54, 1.807) is 33.9 Å². The molecule has 3 rings (SSSR count). The van der Waals surface area contributed by atoms with E-state index < -0.39 is 35.6 Å². The Morgan fingerprint density at radius 2 is 1.94 bits per heavy atom. The molecule has 3 aliphatic heterocycles. The third-order valence-electron chi connectivity index (χ3n) is 7.82. The molecule has 0 radical (unpaired) electrons. The van der Waals surface area contributed by atoms with E-state index in [0.29, 0.717) is 32.5 Å². The number of carbonyl (C=O) groups is 3. The molecule has 36 heavy (non-hydrogen) atoms. The van der Waals surface area contributed by atoms with Crippen LogP contribution >= 0.6 is 15.9 Å². The number of aliphatic hydroxyl groups is 1. The lowest BCUT2D eigenvalue weighted by Crippen LogP contribution is -2.59. The van der Waals surface area contributed by atoms with Crippen molar-refractivity contribution >= 4 is 33.7 Å². The summed E-state index contributed by atoms with van der Waals surface area (Å²) >= 11 is 3.71. The van der Waals surface area contributed by atoms with E-state index >= 15 is 0 Å². The molecule has 3 aliphatic rings. The fraction of sp³-hybridized carbons (Fsp3) is 0.741. The van der Waals surface area contributed by atoms with Crippen LogP contribution in [0, 0.1) is 17.8 Å². The number of aliphatic hydroxyl groups excluding tert-OH is 1. The number of hydrogen-bond donors (Lipinski definition) is 1. The first kappa shape index (κ1) is 28.9. The molecule has 0 saturated carbocycles. The van der Waals surface area contributed by atoms with Crippen molar-refractivity contribution in [2.45, 2.75) is 75.1 Å². The zero-order valence-corrected chi connectivity index (χ0v) is 23.7. The lowest BCUT2D eigenvalue weighted by atomic mass is 9.70. The molecule has 9 heteroatoms. The number of carbonyl (C=O) groups excluding carboxylic acids is 3. The van der Waals surface area contributed by atoms with Crippen LogP contribution in [0.3, 0.4) is 0 Å². The number of hydrogen-bond acceptors (Lipinski definition) is 5. The van der Waals surface area contributed by atoms with Gasteiger partial charge >= 0.3 is 0 Å². The summed E-state index contributed by atoms with van der Waals surface area (Å²) in [7, 11) is 1.69. The summed E-state index contributed by atoms with van der Waals surface area (Å²) in [4.78, 5) is 46.7. The Labute approximate surface area is 223 Å². The van der Waals surface area contributed by atoms with Gasteiger partial charge in [0.05, 0.1) is 30.6 Å². The van der Waals surface area contributed by atoms with Crippen LogP contribution in [0.4, 0.5) is 0 Å². The molecule has 3 saturated heterocycles. The van der Waals surface area contributed by atoms with E-state index in [1.165, 1.54) is 0 Å². The van der Waals surface area contributed by atoms with Crippen LogP contribution in [0.1, 0.15) is 46.5 Å². The first-order valence-corrected chi connectivity index (χ1v) is 14.0. The zero-order valence-electron chi connectivity index (χ0n) is 22.1. The van der Waals surface area contributed by atoms with Crippen LogP contribution < -0.4 is 0 Å². The number of likely N-dealkylation sites (tertiary alicyclic amines) is 1. The van der Waals surface area contributed by atoms with Crippen molar-refractivity contribution in [1.29, 1.82) is 0 Å². The summed E-state index contributed by atoms with van der Waals surface area (Å²) in [5.74, 6) is -1.93. The van der Waals surface area contributed by atoms with Gasteiger partial charge < -0.3 is 24.5 Å². The Morgan fingerprint density at radius 3 is 2.50 bits per heavy atom. The lowest BCUT2D eigenvalue weighted by molar-refractivity contribution is -0.152. The third kappa shape index (κ3) is 4.90. The second-order valence-corrected chi connectivity index (χ2v) is 12.0. The minimum Gasteiger partial charge on any atom is -0.394 e. The number of halogens is 1. The van der Waals surface area contributed by atoms with Crippen molar-refractivity contribution < 1.29 is 24.2 Å². The maximum Gasteiger partial charge on any atom is 0.248 e. The largest absolute Gasteiger partial charge is 0.394 e. The summed E-state index contributed by atoms with van der Waals surface area (Å²) in [5.41, 5.74) is -1.13. The summed E-state index contributed by atoms with van der Waals surface area (Å²) in [5, 5.41) is 10.4. The smallest absolute Gasteiger partial charge is 0.248 e. The number of nitrogens with zero attached hydrogens (tertiary/aromatic N) is 3. The van der Waals surface area contributed by atoms with Crippen LogP contribution in [-0.2, 0) is 19.1 Å². The number of likely N-dealkylation sites (N-methyl/N-ethyl adjacent to an activating group) is 1. The zero-order chi connectivity index (χ0) is 26.8. The molecular formula is C27H42BrN3O5. The van der Waals surface area contributed by atoms with Crippen molar-refractivity contribution in [1.82, 2.24) is 14.7 Å². The minimum atomic E-state index is -1.13. The highest BCUT2D eigenvalue weighted by Gasteiger charge is 2.77. The molecule has 0 aromatic rings. The second-order valence-electron chi connectivity index (χ2n) is 10.8. The van der Waals surface area contributed by atoms with Gasteiger partial charge in [-0.1, -0.05) is 55.3 Å². The molecular weight excluding hydrogens is 526 g/mol. The van der Waals surface area contributed by atoms with Crippen molar-refractivity contribution in [2.75, 3.05) is 33.3 Å². The molecule has 7 atom stereocenters. The van der Waals surface area contributed by atoms with Crippen LogP contribution in [0.15, 0.2) is 25.3 Å². The van der Waals surface area contributed by atoms with E-state index in [9.17, 15) is 19.5 Å². The summed E-state index contributed by atoms with van der Waals surface area (Å²) in [6.07, 6.45) is 5.57. The maximum absolute atomic E-state index is 14.2. The van der Waals surface area contributed by atoms with E-state index in [1.807, 2.05) is 13.8 Å². The molecule has 3 unspecified atom stereocenters. The first-order chi connectivity index (χ1) is 17.1. The highest BCUT2D eigenvalue weighted by molar-refractivity contribution is 9.09. The Kier molecular flexibility index (Phi) is 9.44. The molecule has 8 nitrogen and oxygen atoms in total. The molecule has 3 heterocycles. The number of alkyl halides is 1. The first-order valence-electron chi connectivity index (χ1n) is 13.1. The van der Waals surface area contributed by atoms with Gasteiger partial charge in [-0.15, -0.1) is 13.2 Å². The fourth-order valence-corrected chi connectivity index (χ4v) is 7.29. The van der Waals surface area contributed by atoms with Crippen molar-refractivity contribution in [3.63, 3.8) is 0 Å². The summed E-state index contributed by atoms with van der Waals surface area (Å²) in [6.45, 7) is 14.7. The Hall–Kier alpha value is -1.71. The third-order valence-corrected chi connectivity index (χ3v) is 8.66. The van der Waals surface area contributed by atoms with Crippen LogP contribution in [0.5, 0.6) is 0 Å². The van der Waals surface area contributed by atoms with Gasteiger partial charge in [0.25, 0.3) is 0 Å². The van der Waals surface area contributed by atoms with E-state index in [2.05, 4.69) is 36.0 Å².